The maximum atomic E-state index is 12.8. The molecule has 0 spiro atoms. The van der Waals surface area contributed by atoms with Crippen LogP contribution < -0.4 is 10.0 Å². The van der Waals surface area contributed by atoms with E-state index in [-0.39, 0.29) is 12.4 Å². The minimum atomic E-state index is -3.41. The maximum Gasteiger partial charge on any atom is 0.233 e. The molecule has 0 saturated heterocycles. The van der Waals surface area contributed by atoms with Crippen molar-refractivity contribution >= 4 is 15.8 Å². The molecule has 0 atom stereocenters. The summed E-state index contributed by atoms with van der Waals surface area (Å²) < 4.78 is 36.2. The van der Waals surface area contributed by atoms with Crippen LogP contribution in [0.4, 0.5) is 10.2 Å². The monoisotopic (exact) mass is 233 g/mol. The van der Waals surface area contributed by atoms with E-state index in [1.165, 1.54) is 13.1 Å². The Morgan fingerprint density at radius 1 is 1.60 bits per heavy atom. The van der Waals surface area contributed by atoms with Gasteiger partial charge in [0.05, 0.1) is 12.5 Å². The van der Waals surface area contributed by atoms with Gasteiger partial charge >= 0.3 is 0 Å². The molecule has 1 heterocycles. The molecule has 0 bridgehead atoms. The summed E-state index contributed by atoms with van der Waals surface area (Å²) in [5, 5.41) is 0. The second-order valence-corrected chi connectivity index (χ2v) is 5.08. The van der Waals surface area contributed by atoms with E-state index in [0.29, 0.717) is 5.56 Å². The minimum absolute atomic E-state index is 0.0277. The summed E-state index contributed by atoms with van der Waals surface area (Å²) in [7, 11) is -2.07. The van der Waals surface area contributed by atoms with E-state index >= 15 is 0 Å². The highest BCUT2D eigenvalue weighted by Gasteiger charge is 2.16. The van der Waals surface area contributed by atoms with Gasteiger partial charge in [-0.1, -0.05) is 0 Å². The van der Waals surface area contributed by atoms with Gasteiger partial charge in [0.1, 0.15) is 11.6 Å². The number of sulfonamides is 1. The van der Waals surface area contributed by atoms with Crippen LogP contribution in [0.25, 0.3) is 0 Å². The lowest BCUT2D eigenvalue weighted by Crippen LogP contribution is -2.27. The molecule has 84 valence electrons. The van der Waals surface area contributed by atoms with Crippen LogP contribution in [0.3, 0.4) is 0 Å². The van der Waals surface area contributed by atoms with Crippen molar-refractivity contribution in [2.45, 2.75) is 6.54 Å². The summed E-state index contributed by atoms with van der Waals surface area (Å²) in [4.78, 5) is 3.71. The largest absolute Gasteiger partial charge is 0.326 e. The SMILES string of the molecule is CN(c1ncc(F)cc1CN)S(C)(=O)=O. The summed E-state index contributed by atoms with van der Waals surface area (Å²) in [5.41, 5.74) is 5.72. The van der Waals surface area contributed by atoms with Gasteiger partial charge in [0.25, 0.3) is 0 Å². The van der Waals surface area contributed by atoms with Crippen LogP contribution in [0.15, 0.2) is 12.3 Å². The summed E-state index contributed by atoms with van der Waals surface area (Å²) in [6.07, 6.45) is 1.99. The second kappa shape index (κ2) is 4.11. The van der Waals surface area contributed by atoms with Crippen molar-refractivity contribution in [1.29, 1.82) is 0 Å². The molecule has 1 rings (SSSR count). The normalized spacial score (nSPS) is 11.5. The van der Waals surface area contributed by atoms with Crippen molar-refractivity contribution in [3.8, 4) is 0 Å². The predicted molar refractivity (Wildman–Crippen MR) is 55.3 cm³/mol. The third-order valence-corrected chi connectivity index (χ3v) is 3.09. The van der Waals surface area contributed by atoms with E-state index in [4.69, 9.17) is 5.73 Å². The van der Waals surface area contributed by atoms with Crippen LogP contribution in [0.5, 0.6) is 0 Å². The molecule has 0 fully saturated rings. The van der Waals surface area contributed by atoms with Crippen molar-refractivity contribution in [2.24, 2.45) is 5.73 Å². The van der Waals surface area contributed by atoms with E-state index in [1.807, 2.05) is 0 Å². The number of hydrogen-bond acceptors (Lipinski definition) is 4. The van der Waals surface area contributed by atoms with Crippen LogP contribution in [0.1, 0.15) is 5.56 Å². The van der Waals surface area contributed by atoms with Crippen molar-refractivity contribution < 1.29 is 12.8 Å². The maximum absolute atomic E-state index is 12.8. The number of aromatic nitrogens is 1. The fourth-order valence-corrected chi connectivity index (χ4v) is 1.54. The topological polar surface area (TPSA) is 76.3 Å². The molecule has 0 radical (unpaired) electrons. The molecule has 15 heavy (non-hydrogen) atoms. The predicted octanol–water partition coefficient (Wildman–Crippen LogP) is 0.0752. The molecule has 0 aliphatic carbocycles. The number of hydrogen-bond donors (Lipinski definition) is 1. The fraction of sp³-hybridized carbons (Fsp3) is 0.375. The lowest BCUT2D eigenvalue weighted by atomic mass is 10.2. The van der Waals surface area contributed by atoms with Crippen molar-refractivity contribution in [1.82, 2.24) is 4.98 Å². The number of nitrogens with zero attached hydrogens (tertiary/aromatic N) is 2. The molecule has 0 aliphatic rings. The smallest absolute Gasteiger partial charge is 0.233 e. The lowest BCUT2D eigenvalue weighted by molar-refractivity contribution is 0.598. The number of rotatable bonds is 3. The molecule has 0 amide bonds. The van der Waals surface area contributed by atoms with Crippen molar-refractivity contribution in [3.63, 3.8) is 0 Å². The van der Waals surface area contributed by atoms with Crippen LogP contribution >= 0.6 is 0 Å². The average molecular weight is 233 g/mol. The molecule has 0 saturated carbocycles. The van der Waals surface area contributed by atoms with Gasteiger partial charge in [0, 0.05) is 19.2 Å². The number of pyridine rings is 1. The van der Waals surface area contributed by atoms with Gasteiger partial charge in [-0.05, 0) is 6.07 Å². The first-order chi connectivity index (χ1) is 6.86. The van der Waals surface area contributed by atoms with Gasteiger partial charge in [-0.2, -0.15) is 0 Å². The van der Waals surface area contributed by atoms with Gasteiger partial charge in [-0.3, -0.25) is 4.31 Å². The zero-order chi connectivity index (χ0) is 11.6. The Bertz CT molecular complexity index is 461. The Labute approximate surface area is 87.8 Å². The molecule has 2 N–H and O–H groups in total. The van der Waals surface area contributed by atoms with Gasteiger partial charge < -0.3 is 5.73 Å². The molecule has 0 aliphatic heterocycles. The first-order valence-electron chi connectivity index (χ1n) is 4.14. The standard InChI is InChI=1S/C8H12FN3O2S/c1-12(15(2,13)14)8-6(4-10)3-7(9)5-11-8/h3,5H,4,10H2,1-2H3. The highest BCUT2D eigenvalue weighted by Crippen LogP contribution is 2.18. The summed E-state index contributed by atoms with van der Waals surface area (Å²) >= 11 is 0. The Morgan fingerprint density at radius 2 is 2.20 bits per heavy atom. The van der Waals surface area contributed by atoms with E-state index in [1.54, 1.807) is 0 Å². The van der Waals surface area contributed by atoms with Crippen molar-refractivity contribution in [3.05, 3.63) is 23.6 Å². The number of nitrogens with two attached hydrogens (primary N) is 1. The molecular formula is C8H12FN3O2S. The first kappa shape index (κ1) is 11.9. The lowest BCUT2D eigenvalue weighted by Gasteiger charge is -2.18. The van der Waals surface area contributed by atoms with Gasteiger partial charge in [0.2, 0.25) is 10.0 Å². The molecule has 5 nitrogen and oxygen atoms in total. The van der Waals surface area contributed by atoms with Crippen molar-refractivity contribution in [2.75, 3.05) is 17.6 Å². The van der Waals surface area contributed by atoms with E-state index in [9.17, 15) is 12.8 Å². The van der Waals surface area contributed by atoms with E-state index in [0.717, 1.165) is 16.8 Å². The van der Waals surface area contributed by atoms with Crippen LogP contribution in [-0.2, 0) is 16.6 Å². The third kappa shape index (κ3) is 2.63. The second-order valence-electron chi connectivity index (χ2n) is 3.07. The Morgan fingerprint density at radius 3 is 2.67 bits per heavy atom. The molecule has 1 aromatic heterocycles. The number of halogens is 1. The van der Waals surface area contributed by atoms with Gasteiger partial charge in [-0.25, -0.2) is 17.8 Å². The minimum Gasteiger partial charge on any atom is -0.326 e. The quantitative estimate of drug-likeness (QED) is 0.801. The van der Waals surface area contributed by atoms with Gasteiger partial charge in [0.15, 0.2) is 0 Å². The number of anilines is 1. The Balaban J connectivity index is 3.26. The van der Waals surface area contributed by atoms with E-state index < -0.39 is 15.8 Å². The molecule has 7 heteroatoms. The zero-order valence-electron chi connectivity index (χ0n) is 8.44. The van der Waals surface area contributed by atoms with Crippen LogP contribution in [0, 0.1) is 5.82 Å². The average Bonchev–Trinajstić information content (AvgIpc) is 2.15. The summed E-state index contributed by atoms with van der Waals surface area (Å²) in [5.74, 6) is -0.387. The first-order valence-corrected chi connectivity index (χ1v) is 5.99. The van der Waals surface area contributed by atoms with Gasteiger partial charge in [-0.15, -0.1) is 0 Å². The summed E-state index contributed by atoms with van der Waals surface area (Å²) in [6, 6.07) is 1.17. The molecule has 0 aromatic carbocycles. The third-order valence-electron chi connectivity index (χ3n) is 1.93. The Hall–Kier alpha value is -1.21. The molecular weight excluding hydrogens is 221 g/mol. The Kier molecular flexibility index (Phi) is 3.25. The highest BCUT2D eigenvalue weighted by molar-refractivity contribution is 7.92. The van der Waals surface area contributed by atoms with Crippen LogP contribution in [0.2, 0.25) is 0 Å². The zero-order valence-corrected chi connectivity index (χ0v) is 9.25. The molecule has 0 unspecified atom stereocenters. The van der Waals surface area contributed by atoms with E-state index in [2.05, 4.69) is 4.98 Å². The highest BCUT2D eigenvalue weighted by atomic mass is 32.2. The van der Waals surface area contributed by atoms with Crippen LogP contribution in [-0.4, -0.2) is 26.7 Å². The summed E-state index contributed by atoms with van der Waals surface area (Å²) in [6.45, 7) is 0.0277. The fourth-order valence-electron chi connectivity index (χ4n) is 1.06. The molecule has 1 aromatic rings.